The second kappa shape index (κ2) is 10.3. The minimum absolute atomic E-state index is 0.275. The van der Waals surface area contributed by atoms with Gasteiger partial charge in [-0.25, -0.2) is 9.28 Å². The maximum atomic E-state index is 13.9. The van der Waals surface area contributed by atoms with Gasteiger partial charge in [0.25, 0.3) is 0 Å². The lowest BCUT2D eigenvalue weighted by Crippen LogP contribution is -2.59. The largest absolute Gasteiger partial charge is 0.366 e. The van der Waals surface area contributed by atoms with E-state index in [0.29, 0.717) is 28.4 Å². The van der Waals surface area contributed by atoms with E-state index in [0.717, 1.165) is 75.1 Å². The Morgan fingerprint density at radius 1 is 1.00 bits per heavy atom. The first-order chi connectivity index (χ1) is 17.0. The van der Waals surface area contributed by atoms with Crippen LogP contribution in [0.1, 0.15) is 41.6 Å². The predicted octanol–water partition coefficient (Wildman–Crippen LogP) is 3.10. The van der Waals surface area contributed by atoms with Crippen molar-refractivity contribution < 1.29 is 9.59 Å². The third-order valence-corrected chi connectivity index (χ3v) is 7.87. The van der Waals surface area contributed by atoms with Crippen LogP contribution in [0.2, 0.25) is 0 Å². The molecule has 7 heteroatoms. The summed E-state index contributed by atoms with van der Waals surface area (Å²) < 4.78 is 0.353. The van der Waals surface area contributed by atoms with Gasteiger partial charge in [-0.3, -0.25) is 4.79 Å². The number of aromatic amines is 1. The molecule has 0 aliphatic carbocycles. The van der Waals surface area contributed by atoms with Crippen molar-refractivity contribution in [2.24, 2.45) is 11.7 Å². The molecule has 7 nitrogen and oxygen atoms in total. The maximum absolute atomic E-state index is 13.9. The summed E-state index contributed by atoms with van der Waals surface area (Å²) in [6.45, 7) is 4.43. The molecule has 35 heavy (non-hydrogen) atoms. The number of likely N-dealkylation sites (tertiary alicyclic amines) is 1. The van der Waals surface area contributed by atoms with Gasteiger partial charge in [-0.05, 0) is 42.5 Å². The number of hydrogen-bond acceptors (Lipinski definition) is 4. The van der Waals surface area contributed by atoms with E-state index in [1.54, 1.807) is 6.07 Å². The molecule has 2 saturated heterocycles. The Bertz CT molecular complexity index is 1170. The molecule has 1 aromatic heterocycles. The molecular formula is C28H36N5O2+. The molecular weight excluding hydrogens is 438 g/mol. The normalized spacial score (nSPS) is 24.9. The SMILES string of the molecule is NC(=O)c1ccc2[nH]c([N+]3(C(=O)CCC4CNCCN4)CCC(Cc4ccccc4)CC3)cc2c1. The van der Waals surface area contributed by atoms with E-state index in [2.05, 4.69) is 52.0 Å². The number of benzene rings is 2. The fraction of sp³-hybridized carbons (Fsp3) is 0.429. The van der Waals surface area contributed by atoms with Crippen molar-refractivity contribution in [2.45, 2.75) is 38.1 Å². The highest BCUT2D eigenvalue weighted by atomic mass is 16.2. The van der Waals surface area contributed by atoms with Gasteiger partial charge in [0.05, 0.1) is 25.0 Å². The molecule has 2 aliphatic heterocycles. The number of quaternary nitrogens is 1. The predicted molar refractivity (Wildman–Crippen MR) is 140 cm³/mol. The van der Waals surface area contributed by atoms with Crippen LogP contribution in [0.25, 0.3) is 10.9 Å². The van der Waals surface area contributed by atoms with E-state index in [-0.39, 0.29) is 5.91 Å². The lowest BCUT2D eigenvalue weighted by atomic mass is 9.88. The molecule has 2 fully saturated rings. The van der Waals surface area contributed by atoms with Gasteiger partial charge in [0.1, 0.15) is 0 Å². The molecule has 1 unspecified atom stereocenters. The van der Waals surface area contributed by atoms with Crippen molar-refractivity contribution in [2.75, 3.05) is 32.7 Å². The molecule has 3 aromatic rings. The van der Waals surface area contributed by atoms with Gasteiger partial charge >= 0.3 is 5.91 Å². The Morgan fingerprint density at radius 2 is 1.80 bits per heavy atom. The second-order valence-corrected chi connectivity index (χ2v) is 10.2. The molecule has 0 spiro atoms. The number of hydrogen-bond donors (Lipinski definition) is 4. The highest BCUT2D eigenvalue weighted by molar-refractivity contribution is 5.98. The second-order valence-electron chi connectivity index (χ2n) is 10.2. The van der Waals surface area contributed by atoms with E-state index < -0.39 is 5.91 Å². The van der Waals surface area contributed by atoms with Crippen LogP contribution >= 0.6 is 0 Å². The molecule has 2 aliphatic rings. The molecule has 5 N–H and O–H groups in total. The number of H-pyrrole nitrogens is 1. The number of nitrogens with one attached hydrogen (secondary N) is 3. The number of fused-ring (bicyclic) bond motifs is 1. The Labute approximate surface area is 206 Å². The zero-order valence-corrected chi connectivity index (χ0v) is 20.3. The van der Waals surface area contributed by atoms with Crippen molar-refractivity contribution in [3.8, 4) is 0 Å². The molecule has 1 atom stereocenters. The van der Waals surface area contributed by atoms with Gasteiger partial charge in [-0.1, -0.05) is 30.3 Å². The zero-order chi connectivity index (χ0) is 24.3. The number of nitrogens with two attached hydrogens (primary N) is 1. The molecule has 5 rings (SSSR count). The summed E-state index contributed by atoms with van der Waals surface area (Å²) in [6, 6.07) is 18.5. The number of carbonyl (C=O) groups is 2. The third kappa shape index (κ3) is 5.17. The summed E-state index contributed by atoms with van der Waals surface area (Å²) >= 11 is 0. The number of aromatic nitrogens is 1. The van der Waals surface area contributed by atoms with Crippen molar-refractivity contribution in [3.05, 3.63) is 65.7 Å². The van der Waals surface area contributed by atoms with Crippen LogP contribution < -0.4 is 20.9 Å². The van der Waals surface area contributed by atoms with Crippen molar-refractivity contribution in [3.63, 3.8) is 0 Å². The van der Waals surface area contributed by atoms with Crippen LogP contribution in [0, 0.1) is 5.92 Å². The molecule has 2 aromatic carbocycles. The lowest BCUT2D eigenvalue weighted by molar-refractivity contribution is -0.132. The highest BCUT2D eigenvalue weighted by Crippen LogP contribution is 2.35. The van der Waals surface area contributed by atoms with E-state index in [1.807, 2.05) is 12.1 Å². The Balaban J connectivity index is 1.38. The summed E-state index contributed by atoms with van der Waals surface area (Å²) in [6.07, 6.45) is 4.45. The first-order valence-electron chi connectivity index (χ1n) is 12.9. The summed E-state index contributed by atoms with van der Waals surface area (Å²) in [5, 5.41) is 7.87. The average molecular weight is 475 g/mol. The Morgan fingerprint density at radius 3 is 2.51 bits per heavy atom. The number of carbonyl (C=O) groups excluding carboxylic acids is 2. The van der Waals surface area contributed by atoms with Crippen molar-refractivity contribution in [1.29, 1.82) is 0 Å². The van der Waals surface area contributed by atoms with Gasteiger partial charge in [-0.15, -0.1) is 0 Å². The minimum Gasteiger partial charge on any atom is -0.366 e. The van der Waals surface area contributed by atoms with Crippen molar-refractivity contribution >= 4 is 28.5 Å². The molecule has 184 valence electrons. The number of nitrogens with zero attached hydrogens (tertiary/aromatic N) is 1. The Kier molecular flexibility index (Phi) is 7.00. The smallest absolute Gasteiger partial charge is 0.320 e. The zero-order valence-electron chi connectivity index (χ0n) is 20.3. The maximum Gasteiger partial charge on any atom is 0.320 e. The number of piperidine rings is 1. The number of piperazine rings is 1. The summed E-state index contributed by atoms with van der Waals surface area (Å²) in [5.41, 5.74) is 8.28. The van der Waals surface area contributed by atoms with Crippen LogP contribution in [0.5, 0.6) is 0 Å². The topological polar surface area (TPSA) is 100 Å². The number of primary amides is 1. The quantitative estimate of drug-likeness (QED) is 0.396. The monoisotopic (exact) mass is 474 g/mol. The fourth-order valence-electron chi connectivity index (χ4n) is 5.77. The van der Waals surface area contributed by atoms with E-state index in [9.17, 15) is 9.59 Å². The fourth-order valence-corrected chi connectivity index (χ4v) is 5.77. The summed E-state index contributed by atoms with van der Waals surface area (Å²) in [4.78, 5) is 29.1. The number of rotatable bonds is 7. The van der Waals surface area contributed by atoms with Crippen LogP contribution in [-0.2, 0) is 11.2 Å². The molecule has 0 radical (unpaired) electrons. The van der Waals surface area contributed by atoms with Gasteiger partial charge in [0, 0.05) is 55.5 Å². The van der Waals surface area contributed by atoms with E-state index in [4.69, 9.17) is 5.73 Å². The molecule has 2 amide bonds. The molecule has 0 bridgehead atoms. The van der Waals surface area contributed by atoms with Crippen molar-refractivity contribution in [1.82, 2.24) is 20.1 Å². The molecule has 0 saturated carbocycles. The first kappa shape index (κ1) is 23.7. The van der Waals surface area contributed by atoms with Gasteiger partial charge < -0.3 is 21.4 Å². The highest BCUT2D eigenvalue weighted by Gasteiger charge is 2.43. The van der Waals surface area contributed by atoms with Gasteiger partial charge in [0.15, 0.2) is 0 Å². The minimum atomic E-state index is -0.440. The van der Waals surface area contributed by atoms with Crippen LogP contribution in [-0.4, -0.2) is 55.6 Å². The Hall–Kier alpha value is -3.00. The third-order valence-electron chi connectivity index (χ3n) is 7.87. The van der Waals surface area contributed by atoms with Crippen LogP contribution in [0.15, 0.2) is 54.6 Å². The van der Waals surface area contributed by atoms with E-state index >= 15 is 0 Å². The average Bonchev–Trinajstić information content (AvgIpc) is 3.33. The first-order valence-corrected chi connectivity index (χ1v) is 12.9. The number of amides is 2. The standard InChI is InChI=1S/C28H35N5O2/c29-28(35)22-6-8-25-23(17-22)18-26(32-25)33(27(34)9-7-24-19-30-12-13-31-24)14-10-21(11-15-33)16-20-4-2-1-3-5-20/h1-6,8,17-18,21,24,30-31H,7,9-16,19H2,(H2-,29,32,35)/p+1. The van der Waals surface area contributed by atoms with Crippen LogP contribution in [0.4, 0.5) is 5.82 Å². The van der Waals surface area contributed by atoms with Gasteiger partial charge in [-0.2, -0.15) is 0 Å². The lowest BCUT2D eigenvalue weighted by Gasteiger charge is -2.40. The van der Waals surface area contributed by atoms with Crippen LogP contribution in [0.3, 0.4) is 0 Å². The molecule has 3 heterocycles. The van der Waals surface area contributed by atoms with Gasteiger partial charge in [0.2, 0.25) is 11.7 Å². The summed E-state index contributed by atoms with van der Waals surface area (Å²) in [5.74, 6) is 1.34. The summed E-state index contributed by atoms with van der Waals surface area (Å²) in [7, 11) is 0. The van der Waals surface area contributed by atoms with E-state index in [1.165, 1.54) is 5.56 Å².